The van der Waals surface area contributed by atoms with Crippen LogP contribution in [0.3, 0.4) is 0 Å². The zero-order chi connectivity index (χ0) is 13.7. The van der Waals surface area contributed by atoms with E-state index in [0.29, 0.717) is 23.2 Å². The standard InChI is InChI=1S/C16H15NO2/c1-2-17-16(19)14-10-8-13(9-11-14)15(18)12-6-4-3-5-7-12/h3-11H,2H2,1H3,(H,17,19). The predicted octanol–water partition coefficient (Wildman–Crippen LogP) is 2.67. The summed E-state index contributed by atoms with van der Waals surface area (Å²) in [5.74, 6) is -0.163. The van der Waals surface area contributed by atoms with Crippen molar-refractivity contribution in [3.8, 4) is 0 Å². The van der Waals surface area contributed by atoms with Crippen LogP contribution >= 0.6 is 0 Å². The molecule has 0 fully saturated rings. The maximum absolute atomic E-state index is 12.2. The van der Waals surface area contributed by atoms with Crippen LogP contribution in [-0.4, -0.2) is 18.2 Å². The van der Waals surface area contributed by atoms with Gasteiger partial charge in [0, 0.05) is 23.2 Å². The van der Waals surface area contributed by atoms with Gasteiger partial charge in [0.1, 0.15) is 0 Å². The number of ketones is 1. The Morgan fingerprint density at radius 3 is 1.95 bits per heavy atom. The second-order valence-electron chi connectivity index (χ2n) is 4.13. The average Bonchev–Trinajstić information content (AvgIpc) is 2.48. The number of hydrogen-bond acceptors (Lipinski definition) is 2. The third-order valence-electron chi connectivity index (χ3n) is 2.78. The SMILES string of the molecule is CCNC(=O)c1ccc(C(=O)c2ccccc2)cc1. The lowest BCUT2D eigenvalue weighted by molar-refractivity contribution is 0.0954. The van der Waals surface area contributed by atoms with Gasteiger partial charge in [0.25, 0.3) is 5.91 Å². The van der Waals surface area contributed by atoms with Crippen LogP contribution in [-0.2, 0) is 0 Å². The zero-order valence-corrected chi connectivity index (χ0v) is 10.7. The molecule has 2 rings (SSSR count). The summed E-state index contributed by atoms with van der Waals surface area (Å²) in [4.78, 5) is 23.8. The summed E-state index contributed by atoms with van der Waals surface area (Å²) >= 11 is 0. The zero-order valence-electron chi connectivity index (χ0n) is 10.7. The van der Waals surface area contributed by atoms with Crippen molar-refractivity contribution in [2.75, 3.05) is 6.54 Å². The Hall–Kier alpha value is -2.42. The number of amides is 1. The first kappa shape index (κ1) is 13.0. The van der Waals surface area contributed by atoms with Gasteiger partial charge in [0.15, 0.2) is 5.78 Å². The highest BCUT2D eigenvalue weighted by Crippen LogP contribution is 2.11. The Kier molecular flexibility index (Phi) is 4.08. The van der Waals surface area contributed by atoms with Gasteiger partial charge in [-0.3, -0.25) is 9.59 Å². The maximum atomic E-state index is 12.2. The van der Waals surface area contributed by atoms with Crippen LogP contribution in [0.4, 0.5) is 0 Å². The van der Waals surface area contributed by atoms with Crippen LogP contribution in [0.2, 0.25) is 0 Å². The van der Waals surface area contributed by atoms with Gasteiger partial charge in [-0.2, -0.15) is 0 Å². The Bertz CT molecular complexity index is 573. The van der Waals surface area contributed by atoms with E-state index in [1.807, 2.05) is 25.1 Å². The minimum absolute atomic E-state index is 0.0388. The maximum Gasteiger partial charge on any atom is 0.251 e. The highest BCUT2D eigenvalue weighted by atomic mass is 16.1. The lowest BCUT2D eigenvalue weighted by Crippen LogP contribution is -2.22. The van der Waals surface area contributed by atoms with Crippen LogP contribution in [0.5, 0.6) is 0 Å². The molecule has 0 radical (unpaired) electrons. The first-order chi connectivity index (χ1) is 9.22. The van der Waals surface area contributed by atoms with Gasteiger partial charge in [-0.1, -0.05) is 42.5 Å². The van der Waals surface area contributed by atoms with Gasteiger partial charge in [-0.05, 0) is 19.1 Å². The number of benzene rings is 2. The molecular weight excluding hydrogens is 238 g/mol. The molecule has 0 aliphatic rings. The number of carbonyl (C=O) groups is 2. The first-order valence-electron chi connectivity index (χ1n) is 6.20. The van der Waals surface area contributed by atoms with Crippen molar-refractivity contribution in [3.05, 3.63) is 71.3 Å². The Balaban J connectivity index is 2.19. The van der Waals surface area contributed by atoms with Crippen molar-refractivity contribution in [1.29, 1.82) is 0 Å². The number of carbonyl (C=O) groups excluding carboxylic acids is 2. The van der Waals surface area contributed by atoms with Crippen molar-refractivity contribution in [2.45, 2.75) is 6.92 Å². The Labute approximate surface area is 112 Å². The number of hydrogen-bond donors (Lipinski definition) is 1. The second-order valence-corrected chi connectivity index (χ2v) is 4.13. The first-order valence-corrected chi connectivity index (χ1v) is 6.20. The van der Waals surface area contributed by atoms with E-state index in [4.69, 9.17) is 0 Å². The molecule has 0 bridgehead atoms. The summed E-state index contributed by atoms with van der Waals surface area (Å²) in [6, 6.07) is 15.8. The fourth-order valence-corrected chi connectivity index (χ4v) is 1.79. The molecule has 1 N–H and O–H groups in total. The minimum Gasteiger partial charge on any atom is -0.352 e. The van der Waals surface area contributed by atoms with Crippen molar-refractivity contribution in [1.82, 2.24) is 5.32 Å². The lowest BCUT2D eigenvalue weighted by atomic mass is 10.0. The van der Waals surface area contributed by atoms with E-state index in [9.17, 15) is 9.59 Å². The smallest absolute Gasteiger partial charge is 0.251 e. The molecule has 0 saturated carbocycles. The highest BCUT2D eigenvalue weighted by Gasteiger charge is 2.09. The average molecular weight is 253 g/mol. The van der Waals surface area contributed by atoms with E-state index in [1.54, 1.807) is 36.4 Å². The van der Waals surface area contributed by atoms with Crippen molar-refractivity contribution < 1.29 is 9.59 Å². The molecule has 3 heteroatoms. The van der Waals surface area contributed by atoms with Crippen LogP contribution < -0.4 is 5.32 Å². The van der Waals surface area contributed by atoms with Crippen LogP contribution in [0.1, 0.15) is 33.2 Å². The van der Waals surface area contributed by atoms with E-state index in [1.165, 1.54) is 0 Å². The molecule has 0 aromatic heterocycles. The highest BCUT2D eigenvalue weighted by molar-refractivity contribution is 6.09. The summed E-state index contributed by atoms with van der Waals surface area (Å²) in [6.45, 7) is 2.45. The van der Waals surface area contributed by atoms with Gasteiger partial charge >= 0.3 is 0 Å². The summed E-state index contributed by atoms with van der Waals surface area (Å²) in [5, 5.41) is 2.72. The molecule has 0 atom stereocenters. The predicted molar refractivity (Wildman–Crippen MR) is 74.3 cm³/mol. The third-order valence-corrected chi connectivity index (χ3v) is 2.78. The summed E-state index contributed by atoms with van der Waals surface area (Å²) in [6.07, 6.45) is 0. The van der Waals surface area contributed by atoms with Gasteiger partial charge in [-0.25, -0.2) is 0 Å². The molecule has 96 valence electrons. The molecule has 0 aliphatic heterocycles. The van der Waals surface area contributed by atoms with E-state index >= 15 is 0 Å². The third kappa shape index (κ3) is 3.07. The van der Waals surface area contributed by atoms with E-state index in [0.717, 1.165) is 0 Å². The summed E-state index contributed by atoms with van der Waals surface area (Å²) in [5.41, 5.74) is 1.79. The van der Waals surface area contributed by atoms with Crippen LogP contribution in [0, 0.1) is 0 Å². The molecular formula is C16H15NO2. The van der Waals surface area contributed by atoms with E-state index in [-0.39, 0.29) is 11.7 Å². The van der Waals surface area contributed by atoms with Crippen molar-refractivity contribution >= 4 is 11.7 Å². The second kappa shape index (κ2) is 5.96. The molecule has 0 saturated heterocycles. The molecule has 0 aliphatic carbocycles. The number of rotatable bonds is 4. The molecule has 19 heavy (non-hydrogen) atoms. The van der Waals surface area contributed by atoms with Gasteiger partial charge in [0.05, 0.1) is 0 Å². The quantitative estimate of drug-likeness (QED) is 0.851. The molecule has 2 aromatic carbocycles. The van der Waals surface area contributed by atoms with Gasteiger partial charge in [-0.15, -0.1) is 0 Å². The molecule has 3 nitrogen and oxygen atoms in total. The monoisotopic (exact) mass is 253 g/mol. The van der Waals surface area contributed by atoms with Gasteiger partial charge in [0.2, 0.25) is 0 Å². The van der Waals surface area contributed by atoms with Crippen molar-refractivity contribution in [3.63, 3.8) is 0 Å². The van der Waals surface area contributed by atoms with Crippen LogP contribution in [0.15, 0.2) is 54.6 Å². The van der Waals surface area contributed by atoms with E-state index in [2.05, 4.69) is 5.32 Å². The summed E-state index contributed by atoms with van der Waals surface area (Å²) < 4.78 is 0. The largest absolute Gasteiger partial charge is 0.352 e. The topological polar surface area (TPSA) is 46.2 Å². The lowest BCUT2D eigenvalue weighted by Gasteiger charge is -2.04. The number of nitrogens with one attached hydrogen (secondary N) is 1. The summed E-state index contributed by atoms with van der Waals surface area (Å²) in [7, 11) is 0. The van der Waals surface area contributed by atoms with Crippen molar-refractivity contribution in [2.24, 2.45) is 0 Å². The molecule has 1 amide bonds. The van der Waals surface area contributed by atoms with Gasteiger partial charge < -0.3 is 5.32 Å². The molecule has 2 aromatic rings. The molecule has 0 unspecified atom stereocenters. The fourth-order valence-electron chi connectivity index (χ4n) is 1.79. The van der Waals surface area contributed by atoms with Crippen LogP contribution in [0.25, 0.3) is 0 Å². The molecule has 0 spiro atoms. The normalized spacial score (nSPS) is 9.95. The van der Waals surface area contributed by atoms with E-state index < -0.39 is 0 Å². The Morgan fingerprint density at radius 2 is 1.37 bits per heavy atom. The fraction of sp³-hybridized carbons (Fsp3) is 0.125. The minimum atomic E-state index is -0.124. The molecule has 0 heterocycles. The Morgan fingerprint density at radius 1 is 0.842 bits per heavy atom.